The summed E-state index contributed by atoms with van der Waals surface area (Å²) in [6.07, 6.45) is 0. The summed E-state index contributed by atoms with van der Waals surface area (Å²) in [6, 6.07) is 6.12. The highest BCUT2D eigenvalue weighted by Gasteiger charge is 2.27. The van der Waals surface area contributed by atoms with Crippen LogP contribution >= 0.6 is 0 Å². The molecule has 7 nitrogen and oxygen atoms in total. The average molecular weight is 279 g/mol. The molecule has 1 aliphatic rings. The van der Waals surface area contributed by atoms with Gasteiger partial charge < -0.3 is 25.7 Å². The van der Waals surface area contributed by atoms with E-state index in [4.69, 9.17) is 15.7 Å². The van der Waals surface area contributed by atoms with Crippen LogP contribution in [0, 0.1) is 0 Å². The molecular formula is C13H17N3O4. The number of aliphatic hydroxyl groups excluding tert-OH is 1. The van der Waals surface area contributed by atoms with Gasteiger partial charge in [0.25, 0.3) is 5.91 Å². The summed E-state index contributed by atoms with van der Waals surface area (Å²) in [5.74, 6) is -0.179. The van der Waals surface area contributed by atoms with Gasteiger partial charge in [-0.05, 0) is 12.1 Å². The van der Waals surface area contributed by atoms with Gasteiger partial charge in [0.2, 0.25) is 0 Å². The zero-order valence-electron chi connectivity index (χ0n) is 10.9. The number of hydrogen-bond acceptors (Lipinski definition) is 5. The van der Waals surface area contributed by atoms with E-state index in [0.29, 0.717) is 30.9 Å². The van der Waals surface area contributed by atoms with E-state index in [9.17, 15) is 9.90 Å². The summed E-state index contributed by atoms with van der Waals surface area (Å²) in [5.41, 5.74) is 6.48. The Morgan fingerprint density at radius 3 is 2.65 bits per heavy atom. The van der Waals surface area contributed by atoms with Crippen LogP contribution in [0.3, 0.4) is 0 Å². The van der Waals surface area contributed by atoms with Crippen molar-refractivity contribution in [3.63, 3.8) is 0 Å². The minimum Gasteiger partial charge on any atom is -0.409 e. The van der Waals surface area contributed by atoms with Gasteiger partial charge in [-0.25, -0.2) is 0 Å². The minimum atomic E-state index is -0.319. The second-order valence-corrected chi connectivity index (χ2v) is 4.47. The fourth-order valence-corrected chi connectivity index (χ4v) is 2.08. The lowest BCUT2D eigenvalue weighted by molar-refractivity contribution is -0.0183. The van der Waals surface area contributed by atoms with Crippen LogP contribution in [-0.4, -0.2) is 59.4 Å². The summed E-state index contributed by atoms with van der Waals surface area (Å²) in [4.78, 5) is 14.0. The largest absolute Gasteiger partial charge is 0.409 e. The standard InChI is InChI=1S/C13H17N3O4/c14-12(15-19)9-1-3-10(4-2-9)13(18)16-5-6-20-8-11(16)7-17/h1-4,11,17,19H,5-8H2,(H2,14,15). The van der Waals surface area contributed by atoms with Crippen LogP contribution in [0.25, 0.3) is 0 Å². The smallest absolute Gasteiger partial charge is 0.254 e. The molecule has 1 amide bonds. The zero-order valence-corrected chi connectivity index (χ0v) is 10.9. The zero-order chi connectivity index (χ0) is 14.5. The van der Waals surface area contributed by atoms with Crippen molar-refractivity contribution in [1.29, 1.82) is 0 Å². The van der Waals surface area contributed by atoms with Gasteiger partial charge in [0.1, 0.15) is 0 Å². The molecule has 108 valence electrons. The number of aliphatic hydroxyl groups is 1. The van der Waals surface area contributed by atoms with Crippen LogP contribution in [0.2, 0.25) is 0 Å². The lowest BCUT2D eigenvalue weighted by Gasteiger charge is -2.34. The molecule has 20 heavy (non-hydrogen) atoms. The Hall–Kier alpha value is -2.12. The maximum absolute atomic E-state index is 12.4. The van der Waals surface area contributed by atoms with Gasteiger partial charge in [0.15, 0.2) is 5.84 Å². The Labute approximate surface area is 116 Å². The predicted octanol–water partition coefficient (Wildman–Crippen LogP) is -0.386. The lowest BCUT2D eigenvalue weighted by Crippen LogP contribution is -2.50. The predicted molar refractivity (Wildman–Crippen MR) is 71.7 cm³/mol. The summed E-state index contributed by atoms with van der Waals surface area (Å²) in [6.45, 7) is 1.12. The number of carbonyl (C=O) groups excluding carboxylic acids is 1. The molecule has 0 spiro atoms. The quantitative estimate of drug-likeness (QED) is 0.302. The van der Waals surface area contributed by atoms with Gasteiger partial charge in [-0.3, -0.25) is 4.79 Å². The Bertz CT molecular complexity index is 501. The summed E-state index contributed by atoms with van der Waals surface area (Å²) >= 11 is 0. The number of oxime groups is 1. The van der Waals surface area contributed by atoms with Crippen LogP contribution in [0.5, 0.6) is 0 Å². The first-order chi connectivity index (χ1) is 9.67. The fraction of sp³-hybridized carbons (Fsp3) is 0.385. The van der Waals surface area contributed by atoms with Crippen LogP contribution in [0.4, 0.5) is 0 Å². The molecule has 0 aliphatic carbocycles. The van der Waals surface area contributed by atoms with E-state index < -0.39 is 0 Å². The molecule has 1 heterocycles. The van der Waals surface area contributed by atoms with Crippen molar-refractivity contribution in [3.8, 4) is 0 Å². The van der Waals surface area contributed by atoms with E-state index in [1.165, 1.54) is 0 Å². The second-order valence-electron chi connectivity index (χ2n) is 4.47. The van der Waals surface area contributed by atoms with Crippen molar-refractivity contribution in [3.05, 3.63) is 35.4 Å². The van der Waals surface area contributed by atoms with E-state index in [-0.39, 0.29) is 24.4 Å². The first-order valence-electron chi connectivity index (χ1n) is 6.25. The number of morpholine rings is 1. The van der Waals surface area contributed by atoms with Crippen molar-refractivity contribution in [1.82, 2.24) is 4.90 Å². The summed E-state index contributed by atoms with van der Waals surface area (Å²) < 4.78 is 5.24. The minimum absolute atomic E-state index is 0.0105. The van der Waals surface area contributed by atoms with Gasteiger partial charge in [-0.2, -0.15) is 0 Å². The molecule has 2 rings (SSSR count). The van der Waals surface area contributed by atoms with Crippen molar-refractivity contribution < 1.29 is 19.8 Å². The number of carbonyl (C=O) groups is 1. The summed E-state index contributed by atoms with van der Waals surface area (Å²) in [5, 5.41) is 20.8. The molecule has 4 N–H and O–H groups in total. The topological polar surface area (TPSA) is 108 Å². The number of nitrogens with zero attached hydrogens (tertiary/aromatic N) is 2. The molecule has 1 saturated heterocycles. The highest BCUT2D eigenvalue weighted by molar-refractivity contribution is 5.99. The fourth-order valence-electron chi connectivity index (χ4n) is 2.08. The third kappa shape index (κ3) is 2.89. The molecule has 1 aromatic rings. The molecule has 1 aliphatic heterocycles. The Morgan fingerprint density at radius 1 is 1.40 bits per heavy atom. The van der Waals surface area contributed by atoms with Crippen LogP contribution < -0.4 is 5.73 Å². The van der Waals surface area contributed by atoms with Gasteiger partial charge in [-0.15, -0.1) is 0 Å². The number of benzene rings is 1. The molecular weight excluding hydrogens is 262 g/mol. The van der Waals surface area contributed by atoms with E-state index in [0.717, 1.165) is 0 Å². The average Bonchev–Trinajstić information content (AvgIpc) is 2.53. The molecule has 0 saturated carbocycles. The summed E-state index contributed by atoms with van der Waals surface area (Å²) in [7, 11) is 0. The van der Waals surface area contributed by atoms with E-state index in [2.05, 4.69) is 5.16 Å². The normalized spacial score (nSPS) is 19.9. The van der Waals surface area contributed by atoms with Crippen LogP contribution in [0.1, 0.15) is 15.9 Å². The Kier molecular flexibility index (Phi) is 4.54. The molecule has 1 fully saturated rings. The SMILES string of the molecule is N/C(=N/O)c1ccc(C(=O)N2CCOCC2CO)cc1. The third-order valence-electron chi connectivity index (χ3n) is 3.23. The van der Waals surface area contributed by atoms with E-state index in [1.807, 2.05) is 0 Å². The Balaban J connectivity index is 2.16. The maximum Gasteiger partial charge on any atom is 0.254 e. The highest BCUT2D eigenvalue weighted by atomic mass is 16.5. The molecule has 7 heteroatoms. The number of amides is 1. The second kappa shape index (κ2) is 6.36. The maximum atomic E-state index is 12.4. The third-order valence-corrected chi connectivity index (χ3v) is 3.23. The first-order valence-corrected chi connectivity index (χ1v) is 6.25. The number of ether oxygens (including phenoxy) is 1. The number of hydrogen-bond donors (Lipinski definition) is 3. The van der Waals surface area contributed by atoms with Gasteiger partial charge in [0.05, 0.1) is 25.9 Å². The van der Waals surface area contributed by atoms with Crippen molar-refractivity contribution in [2.24, 2.45) is 10.9 Å². The van der Waals surface area contributed by atoms with Crippen molar-refractivity contribution in [2.75, 3.05) is 26.4 Å². The van der Waals surface area contributed by atoms with Gasteiger partial charge >= 0.3 is 0 Å². The van der Waals surface area contributed by atoms with Crippen molar-refractivity contribution >= 4 is 11.7 Å². The number of rotatable bonds is 3. The highest BCUT2D eigenvalue weighted by Crippen LogP contribution is 2.13. The van der Waals surface area contributed by atoms with E-state index >= 15 is 0 Å². The monoisotopic (exact) mass is 279 g/mol. The molecule has 1 atom stereocenters. The van der Waals surface area contributed by atoms with Crippen LogP contribution in [0.15, 0.2) is 29.4 Å². The Morgan fingerprint density at radius 2 is 2.05 bits per heavy atom. The van der Waals surface area contributed by atoms with E-state index in [1.54, 1.807) is 29.2 Å². The van der Waals surface area contributed by atoms with Gasteiger partial charge in [0, 0.05) is 17.7 Å². The molecule has 0 aromatic heterocycles. The van der Waals surface area contributed by atoms with Gasteiger partial charge in [-0.1, -0.05) is 17.3 Å². The molecule has 0 bridgehead atoms. The molecule has 1 aromatic carbocycles. The lowest BCUT2D eigenvalue weighted by atomic mass is 10.1. The molecule has 1 unspecified atom stereocenters. The molecule has 0 radical (unpaired) electrons. The number of nitrogens with two attached hydrogens (primary N) is 1. The van der Waals surface area contributed by atoms with Crippen LogP contribution in [-0.2, 0) is 4.74 Å². The van der Waals surface area contributed by atoms with Crippen molar-refractivity contribution in [2.45, 2.75) is 6.04 Å². The first kappa shape index (κ1) is 14.3. The number of amidine groups is 1.